The molecule has 3 aliphatic heterocycles. The van der Waals surface area contributed by atoms with Gasteiger partial charge in [0.25, 0.3) is 0 Å². The molecule has 4 heteroatoms. The third-order valence-electron chi connectivity index (χ3n) is 5.13. The minimum absolute atomic E-state index is 0.0687. The van der Waals surface area contributed by atoms with E-state index in [9.17, 15) is 4.79 Å². The Morgan fingerprint density at radius 1 is 1.05 bits per heavy atom. The van der Waals surface area contributed by atoms with Gasteiger partial charge in [-0.05, 0) is 45.4 Å². The summed E-state index contributed by atoms with van der Waals surface area (Å²) in [5.74, 6) is 0.359. The number of carbonyl (C=O) groups excluding carboxylic acids is 1. The predicted octanol–water partition coefficient (Wildman–Crippen LogP) is 1.21. The maximum absolute atomic E-state index is 12.6. The van der Waals surface area contributed by atoms with E-state index in [1.54, 1.807) is 0 Å². The second-order valence-electron chi connectivity index (χ2n) is 6.48. The fourth-order valence-corrected chi connectivity index (χ4v) is 3.86. The van der Waals surface area contributed by atoms with Gasteiger partial charge in [-0.15, -0.1) is 0 Å². The van der Waals surface area contributed by atoms with Gasteiger partial charge in [0.05, 0.1) is 6.04 Å². The van der Waals surface area contributed by atoms with Crippen LogP contribution in [-0.4, -0.2) is 60.0 Å². The molecule has 0 radical (unpaired) electrons. The summed E-state index contributed by atoms with van der Waals surface area (Å²) < 4.78 is 0. The molecule has 3 heterocycles. The number of amides is 1. The second kappa shape index (κ2) is 5.80. The zero-order valence-electron chi connectivity index (χ0n) is 12.1. The van der Waals surface area contributed by atoms with Gasteiger partial charge in [0.15, 0.2) is 0 Å². The van der Waals surface area contributed by atoms with Crippen LogP contribution in [0.1, 0.15) is 45.4 Å². The largest absolute Gasteiger partial charge is 0.341 e. The third-order valence-corrected chi connectivity index (χ3v) is 5.13. The number of rotatable bonds is 2. The Morgan fingerprint density at radius 3 is 2.58 bits per heavy atom. The lowest BCUT2D eigenvalue weighted by Gasteiger charge is -2.35. The molecule has 108 valence electrons. The summed E-state index contributed by atoms with van der Waals surface area (Å²) in [7, 11) is 0. The van der Waals surface area contributed by atoms with E-state index in [1.807, 2.05) is 0 Å². The van der Waals surface area contributed by atoms with Crippen molar-refractivity contribution in [2.75, 3.05) is 26.2 Å². The fourth-order valence-electron chi connectivity index (χ4n) is 3.86. The van der Waals surface area contributed by atoms with Crippen LogP contribution in [0.5, 0.6) is 0 Å². The SMILES string of the molecule is CC(C(=O)N1CCCCC1)N1CCC2CCC(C1)N2. The van der Waals surface area contributed by atoms with Gasteiger partial charge in [0, 0.05) is 38.3 Å². The first-order valence-corrected chi connectivity index (χ1v) is 8.03. The summed E-state index contributed by atoms with van der Waals surface area (Å²) in [4.78, 5) is 17.1. The molecule has 1 amide bonds. The van der Waals surface area contributed by atoms with Crippen molar-refractivity contribution in [1.82, 2.24) is 15.1 Å². The van der Waals surface area contributed by atoms with Gasteiger partial charge in [-0.3, -0.25) is 9.69 Å². The molecular formula is C15H27N3O. The Labute approximate surface area is 116 Å². The van der Waals surface area contributed by atoms with E-state index in [1.165, 1.54) is 38.5 Å². The Bertz CT molecular complexity index is 327. The first kappa shape index (κ1) is 13.4. The molecule has 2 bridgehead atoms. The van der Waals surface area contributed by atoms with Crippen molar-refractivity contribution in [1.29, 1.82) is 0 Å². The summed E-state index contributed by atoms with van der Waals surface area (Å²) >= 11 is 0. The first-order chi connectivity index (χ1) is 9.24. The highest BCUT2D eigenvalue weighted by Gasteiger charge is 2.34. The quantitative estimate of drug-likeness (QED) is 0.815. The van der Waals surface area contributed by atoms with Gasteiger partial charge >= 0.3 is 0 Å². The van der Waals surface area contributed by atoms with E-state index in [2.05, 4.69) is 22.0 Å². The molecule has 3 unspecified atom stereocenters. The number of hydrogen-bond donors (Lipinski definition) is 1. The smallest absolute Gasteiger partial charge is 0.239 e. The molecule has 1 N–H and O–H groups in total. The van der Waals surface area contributed by atoms with E-state index in [4.69, 9.17) is 0 Å². The van der Waals surface area contributed by atoms with Gasteiger partial charge in [0.2, 0.25) is 5.91 Å². The molecule has 0 aromatic carbocycles. The van der Waals surface area contributed by atoms with Crippen molar-refractivity contribution in [3.8, 4) is 0 Å². The molecule has 0 aliphatic carbocycles. The highest BCUT2D eigenvalue weighted by Crippen LogP contribution is 2.22. The van der Waals surface area contributed by atoms with Crippen molar-refractivity contribution < 1.29 is 4.79 Å². The Balaban J connectivity index is 1.59. The molecule has 3 fully saturated rings. The van der Waals surface area contributed by atoms with Gasteiger partial charge in [-0.25, -0.2) is 0 Å². The molecule has 0 aromatic rings. The standard InChI is InChI=1S/C15H27N3O/c1-12(15(19)17-8-3-2-4-9-17)18-10-7-13-5-6-14(11-18)16-13/h12-14,16H,2-11H2,1H3. The molecule has 3 rings (SSSR count). The molecule has 3 saturated heterocycles. The third kappa shape index (κ3) is 2.95. The lowest BCUT2D eigenvalue weighted by molar-refractivity contribution is -0.137. The second-order valence-corrected chi connectivity index (χ2v) is 6.48. The monoisotopic (exact) mass is 265 g/mol. The van der Waals surface area contributed by atoms with Crippen molar-refractivity contribution in [2.45, 2.75) is 63.6 Å². The fraction of sp³-hybridized carbons (Fsp3) is 0.933. The maximum atomic E-state index is 12.6. The number of carbonyl (C=O) groups is 1. The van der Waals surface area contributed by atoms with Crippen LogP contribution in [0.25, 0.3) is 0 Å². The topological polar surface area (TPSA) is 35.6 Å². The van der Waals surface area contributed by atoms with E-state index in [0.717, 1.165) is 26.2 Å². The Hall–Kier alpha value is -0.610. The predicted molar refractivity (Wildman–Crippen MR) is 76.0 cm³/mol. The zero-order valence-corrected chi connectivity index (χ0v) is 12.1. The van der Waals surface area contributed by atoms with E-state index >= 15 is 0 Å². The number of nitrogens with zero attached hydrogens (tertiary/aromatic N) is 2. The van der Waals surface area contributed by atoms with Crippen LogP contribution in [0.4, 0.5) is 0 Å². The van der Waals surface area contributed by atoms with Gasteiger partial charge < -0.3 is 10.2 Å². The Morgan fingerprint density at radius 2 is 1.79 bits per heavy atom. The van der Waals surface area contributed by atoms with Crippen LogP contribution < -0.4 is 5.32 Å². The van der Waals surface area contributed by atoms with Crippen LogP contribution in [0.15, 0.2) is 0 Å². The molecular weight excluding hydrogens is 238 g/mol. The highest BCUT2D eigenvalue weighted by atomic mass is 16.2. The lowest BCUT2D eigenvalue weighted by Crippen LogP contribution is -2.50. The number of fused-ring (bicyclic) bond motifs is 2. The van der Waals surface area contributed by atoms with E-state index in [-0.39, 0.29) is 6.04 Å². The average molecular weight is 265 g/mol. The van der Waals surface area contributed by atoms with E-state index in [0.29, 0.717) is 18.0 Å². The minimum atomic E-state index is 0.0687. The molecule has 0 spiro atoms. The van der Waals surface area contributed by atoms with Gasteiger partial charge in [-0.1, -0.05) is 0 Å². The summed E-state index contributed by atoms with van der Waals surface area (Å²) in [6.07, 6.45) is 7.47. The first-order valence-electron chi connectivity index (χ1n) is 8.03. The number of piperidine rings is 1. The molecule has 0 aromatic heterocycles. The average Bonchev–Trinajstić information content (AvgIpc) is 2.78. The number of nitrogens with one attached hydrogen (secondary N) is 1. The molecule has 3 aliphatic rings. The van der Waals surface area contributed by atoms with Crippen molar-refractivity contribution in [3.05, 3.63) is 0 Å². The molecule has 19 heavy (non-hydrogen) atoms. The van der Waals surface area contributed by atoms with Crippen molar-refractivity contribution >= 4 is 5.91 Å². The number of likely N-dealkylation sites (tertiary alicyclic amines) is 2. The van der Waals surface area contributed by atoms with Crippen LogP contribution in [0.3, 0.4) is 0 Å². The minimum Gasteiger partial charge on any atom is -0.341 e. The van der Waals surface area contributed by atoms with Crippen molar-refractivity contribution in [2.24, 2.45) is 0 Å². The summed E-state index contributed by atoms with van der Waals surface area (Å²) in [5.41, 5.74) is 0. The highest BCUT2D eigenvalue weighted by molar-refractivity contribution is 5.81. The van der Waals surface area contributed by atoms with Gasteiger partial charge in [-0.2, -0.15) is 0 Å². The molecule has 0 saturated carbocycles. The Kier molecular flexibility index (Phi) is 4.08. The molecule has 3 atom stereocenters. The van der Waals surface area contributed by atoms with Crippen LogP contribution in [0, 0.1) is 0 Å². The van der Waals surface area contributed by atoms with Gasteiger partial charge in [0.1, 0.15) is 0 Å². The summed E-state index contributed by atoms with van der Waals surface area (Å²) in [5, 5.41) is 3.69. The maximum Gasteiger partial charge on any atom is 0.239 e. The van der Waals surface area contributed by atoms with Crippen molar-refractivity contribution in [3.63, 3.8) is 0 Å². The summed E-state index contributed by atoms with van der Waals surface area (Å²) in [6.45, 7) is 6.19. The van der Waals surface area contributed by atoms with Crippen LogP contribution in [-0.2, 0) is 4.79 Å². The molecule has 4 nitrogen and oxygen atoms in total. The van der Waals surface area contributed by atoms with E-state index < -0.39 is 0 Å². The lowest BCUT2D eigenvalue weighted by atomic mass is 10.1. The van der Waals surface area contributed by atoms with Crippen LogP contribution >= 0.6 is 0 Å². The summed E-state index contributed by atoms with van der Waals surface area (Å²) in [6, 6.07) is 1.38. The number of hydrogen-bond acceptors (Lipinski definition) is 3. The normalized spacial score (nSPS) is 34.1. The van der Waals surface area contributed by atoms with Crippen LogP contribution in [0.2, 0.25) is 0 Å². The zero-order chi connectivity index (χ0) is 13.2.